The van der Waals surface area contributed by atoms with Crippen LogP contribution in [0.5, 0.6) is 0 Å². The van der Waals surface area contributed by atoms with Gasteiger partial charge in [0, 0.05) is 16.3 Å². The summed E-state index contributed by atoms with van der Waals surface area (Å²) in [5, 5.41) is 0. The molecule has 0 aromatic heterocycles. The molecule has 1 aromatic rings. The van der Waals surface area contributed by atoms with E-state index in [9.17, 15) is 4.21 Å². The Labute approximate surface area is 105 Å². The molecule has 0 aliphatic carbocycles. The number of hydrogen-bond acceptors (Lipinski definition) is 3. The topological polar surface area (TPSA) is 46.3 Å². The molecule has 0 radical (unpaired) electrons. The Bertz CT molecular complexity index is 372. The third-order valence-electron chi connectivity index (χ3n) is 3.15. The molecule has 1 unspecified atom stereocenters. The Morgan fingerprint density at radius 2 is 1.82 bits per heavy atom. The van der Waals surface area contributed by atoms with Crippen molar-refractivity contribution in [2.24, 2.45) is 0 Å². The third kappa shape index (κ3) is 3.82. The molecule has 1 atom stereocenters. The molecule has 0 amide bonds. The van der Waals surface area contributed by atoms with Crippen molar-refractivity contribution in [2.75, 3.05) is 31.1 Å². The van der Waals surface area contributed by atoms with Crippen LogP contribution in [-0.2, 0) is 10.8 Å². The molecule has 0 spiro atoms. The lowest BCUT2D eigenvalue weighted by Gasteiger charge is -2.13. The maximum absolute atomic E-state index is 12.0. The first kappa shape index (κ1) is 12.6. The molecule has 1 aliphatic heterocycles. The number of hydrogen-bond donors (Lipinski definition) is 1. The van der Waals surface area contributed by atoms with Crippen LogP contribution < -0.4 is 5.73 Å². The maximum atomic E-state index is 12.0. The molecule has 17 heavy (non-hydrogen) atoms. The lowest BCUT2D eigenvalue weighted by Crippen LogP contribution is -2.21. The molecule has 2 rings (SSSR count). The lowest BCUT2D eigenvalue weighted by atomic mass is 10.3. The molecule has 3 nitrogen and oxygen atoms in total. The zero-order valence-corrected chi connectivity index (χ0v) is 10.9. The van der Waals surface area contributed by atoms with Gasteiger partial charge in [0.2, 0.25) is 0 Å². The van der Waals surface area contributed by atoms with Gasteiger partial charge in [-0.25, -0.2) is 0 Å². The predicted molar refractivity (Wildman–Crippen MR) is 72.4 cm³/mol. The van der Waals surface area contributed by atoms with Crippen molar-refractivity contribution in [3.8, 4) is 0 Å². The Kier molecular flexibility index (Phi) is 4.57. The van der Waals surface area contributed by atoms with Crippen LogP contribution in [0.1, 0.15) is 19.3 Å². The average Bonchev–Trinajstić information content (AvgIpc) is 2.83. The van der Waals surface area contributed by atoms with Crippen LogP contribution in [0.3, 0.4) is 0 Å². The SMILES string of the molecule is Nc1ccc(S(=O)CCCN2CCCC2)cc1. The quantitative estimate of drug-likeness (QED) is 0.814. The van der Waals surface area contributed by atoms with Gasteiger partial charge in [0.25, 0.3) is 0 Å². The molecule has 1 aromatic carbocycles. The Hall–Kier alpha value is -0.870. The van der Waals surface area contributed by atoms with Gasteiger partial charge in [-0.1, -0.05) is 0 Å². The summed E-state index contributed by atoms with van der Waals surface area (Å²) < 4.78 is 12.0. The number of likely N-dealkylation sites (tertiary alicyclic amines) is 1. The fourth-order valence-corrected chi connectivity index (χ4v) is 3.23. The molecule has 1 heterocycles. The minimum Gasteiger partial charge on any atom is -0.399 e. The van der Waals surface area contributed by atoms with E-state index in [-0.39, 0.29) is 0 Å². The van der Waals surface area contributed by atoms with Gasteiger partial charge in [0.1, 0.15) is 0 Å². The summed E-state index contributed by atoms with van der Waals surface area (Å²) in [5.41, 5.74) is 6.33. The minimum atomic E-state index is -0.874. The molecule has 4 heteroatoms. The molecule has 1 aliphatic rings. The lowest BCUT2D eigenvalue weighted by molar-refractivity contribution is 0.340. The maximum Gasteiger partial charge on any atom is 0.0530 e. The van der Waals surface area contributed by atoms with E-state index >= 15 is 0 Å². The van der Waals surface area contributed by atoms with E-state index in [1.165, 1.54) is 25.9 Å². The van der Waals surface area contributed by atoms with Gasteiger partial charge >= 0.3 is 0 Å². The van der Waals surface area contributed by atoms with Crippen LogP contribution in [0.2, 0.25) is 0 Å². The summed E-state index contributed by atoms with van der Waals surface area (Å²) in [6.07, 6.45) is 3.65. The second-order valence-corrected chi connectivity index (χ2v) is 6.09. The van der Waals surface area contributed by atoms with Crippen molar-refractivity contribution >= 4 is 16.5 Å². The number of anilines is 1. The van der Waals surface area contributed by atoms with Crippen LogP contribution in [-0.4, -0.2) is 34.5 Å². The van der Waals surface area contributed by atoms with Gasteiger partial charge in [-0.3, -0.25) is 4.21 Å². The van der Waals surface area contributed by atoms with Gasteiger partial charge in [0.15, 0.2) is 0 Å². The van der Waals surface area contributed by atoms with Crippen molar-refractivity contribution in [3.05, 3.63) is 24.3 Å². The van der Waals surface area contributed by atoms with E-state index in [1.54, 1.807) is 0 Å². The first-order chi connectivity index (χ1) is 8.25. The molecule has 0 bridgehead atoms. The highest BCUT2D eigenvalue weighted by atomic mass is 32.2. The minimum absolute atomic E-state index is 0.725. The normalized spacial score (nSPS) is 18.4. The fraction of sp³-hybridized carbons (Fsp3) is 0.538. The van der Waals surface area contributed by atoms with E-state index in [0.717, 1.165) is 29.3 Å². The number of rotatable bonds is 5. The highest BCUT2D eigenvalue weighted by Crippen LogP contribution is 2.12. The first-order valence-corrected chi connectivity index (χ1v) is 7.54. The summed E-state index contributed by atoms with van der Waals surface area (Å²) in [6.45, 7) is 3.52. The summed E-state index contributed by atoms with van der Waals surface area (Å²) in [7, 11) is -0.874. The van der Waals surface area contributed by atoms with Gasteiger partial charge in [-0.05, 0) is 63.2 Å². The molecule has 2 N–H and O–H groups in total. The summed E-state index contributed by atoms with van der Waals surface area (Å²) in [6, 6.07) is 7.35. The Balaban J connectivity index is 1.75. The second kappa shape index (κ2) is 6.17. The molecule has 94 valence electrons. The zero-order chi connectivity index (χ0) is 12.1. The van der Waals surface area contributed by atoms with E-state index < -0.39 is 10.8 Å². The first-order valence-electron chi connectivity index (χ1n) is 6.22. The Morgan fingerprint density at radius 3 is 2.47 bits per heavy atom. The fourth-order valence-electron chi connectivity index (χ4n) is 2.16. The smallest absolute Gasteiger partial charge is 0.0530 e. The van der Waals surface area contributed by atoms with Crippen molar-refractivity contribution in [1.29, 1.82) is 0 Å². The number of nitrogens with two attached hydrogens (primary N) is 1. The number of nitrogens with zero attached hydrogens (tertiary/aromatic N) is 1. The average molecular weight is 252 g/mol. The highest BCUT2D eigenvalue weighted by Gasteiger charge is 2.11. The zero-order valence-electron chi connectivity index (χ0n) is 10.1. The van der Waals surface area contributed by atoms with Gasteiger partial charge in [-0.2, -0.15) is 0 Å². The van der Waals surface area contributed by atoms with Crippen molar-refractivity contribution in [3.63, 3.8) is 0 Å². The van der Waals surface area contributed by atoms with E-state index in [1.807, 2.05) is 24.3 Å². The molecular weight excluding hydrogens is 232 g/mol. The van der Waals surface area contributed by atoms with Crippen LogP contribution in [0.15, 0.2) is 29.2 Å². The van der Waals surface area contributed by atoms with E-state index in [0.29, 0.717) is 0 Å². The largest absolute Gasteiger partial charge is 0.399 e. The highest BCUT2D eigenvalue weighted by molar-refractivity contribution is 7.85. The molecular formula is C13H20N2OS. The van der Waals surface area contributed by atoms with Crippen LogP contribution in [0.25, 0.3) is 0 Å². The van der Waals surface area contributed by atoms with Gasteiger partial charge in [-0.15, -0.1) is 0 Å². The standard InChI is InChI=1S/C13H20N2OS/c14-12-4-6-13(7-5-12)17(16)11-3-10-15-8-1-2-9-15/h4-7H,1-3,8-11,14H2. The van der Waals surface area contributed by atoms with Crippen LogP contribution in [0, 0.1) is 0 Å². The van der Waals surface area contributed by atoms with E-state index in [4.69, 9.17) is 5.73 Å². The van der Waals surface area contributed by atoms with Crippen molar-refractivity contribution in [1.82, 2.24) is 4.90 Å². The van der Waals surface area contributed by atoms with Gasteiger partial charge in [0.05, 0.1) is 10.8 Å². The number of nitrogen functional groups attached to an aromatic ring is 1. The second-order valence-electron chi connectivity index (χ2n) is 4.52. The van der Waals surface area contributed by atoms with Crippen LogP contribution >= 0.6 is 0 Å². The molecule has 1 saturated heterocycles. The van der Waals surface area contributed by atoms with Crippen molar-refractivity contribution < 1.29 is 4.21 Å². The third-order valence-corrected chi connectivity index (χ3v) is 4.60. The molecule has 0 saturated carbocycles. The summed E-state index contributed by atoms with van der Waals surface area (Å²) >= 11 is 0. The van der Waals surface area contributed by atoms with E-state index in [2.05, 4.69) is 4.90 Å². The van der Waals surface area contributed by atoms with Crippen LogP contribution in [0.4, 0.5) is 5.69 Å². The summed E-state index contributed by atoms with van der Waals surface area (Å²) in [4.78, 5) is 3.35. The van der Waals surface area contributed by atoms with Gasteiger partial charge < -0.3 is 10.6 Å². The summed E-state index contributed by atoms with van der Waals surface area (Å²) in [5.74, 6) is 0.750. The van der Waals surface area contributed by atoms with Crippen molar-refractivity contribution in [2.45, 2.75) is 24.2 Å². The Morgan fingerprint density at radius 1 is 1.18 bits per heavy atom. The molecule has 1 fully saturated rings. The number of benzene rings is 1. The monoisotopic (exact) mass is 252 g/mol. The predicted octanol–water partition coefficient (Wildman–Crippen LogP) is 1.86.